The average Bonchev–Trinajstić information content (AvgIpc) is 2.21. The van der Waals surface area contributed by atoms with E-state index in [-0.39, 0.29) is 5.97 Å². The highest BCUT2D eigenvalue weighted by atomic mass is 16.6. The molecule has 1 rings (SSSR count). The van der Waals surface area contributed by atoms with E-state index >= 15 is 0 Å². The molecule has 0 aromatic heterocycles. The van der Waals surface area contributed by atoms with Crippen molar-refractivity contribution >= 4 is 5.97 Å². The van der Waals surface area contributed by atoms with E-state index in [2.05, 4.69) is 20.1 Å². The third-order valence-electron chi connectivity index (χ3n) is 3.50. The second kappa shape index (κ2) is 4.86. The molecule has 0 aromatic carbocycles. The number of carbonyl (C=O) groups is 1. The summed E-state index contributed by atoms with van der Waals surface area (Å²) in [6.07, 6.45) is 3.97. The van der Waals surface area contributed by atoms with E-state index in [1.807, 2.05) is 6.92 Å². The molecule has 1 aliphatic carbocycles. The van der Waals surface area contributed by atoms with Crippen molar-refractivity contribution in [3.8, 4) is 0 Å². The maximum atomic E-state index is 11.6. The van der Waals surface area contributed by atoms with Crippen molar-refractivity contribution in [1.82, 2.24) is 0 Å². The van der Waals surface area contributed by atoms with Crippen LogP contribution in [0.1, 0.15) is 46.5 Å². The van der Waals surface area contributed by atoms with Crippen LogP contribution in [0.3, 0.4) is 0 Å². The van der Waals surface area contributed by atoms with E-state index in [1.54, 1.807) is 6.92 Å². The standard InChI is InChI=1S/C14H22O2/c1-10(2)13(15)16-14(11(3)4)8-6-12(5)7-9-14/h12H,1,3,6-9H2,2,4-5H3. The SMILES string of the molecule is C=C(C)C(=O)OC1(C(=C)C)CCC(C)CC1. The Morgan fingerprint density at radius 1 is 1.25 bits per heavy atom. The van der Waals surface area contributed by atoms with Gasteiger partial charge in [-0.3, -0.25) is 0 Å². The van der Waals surface area contributed by atoms with Gasteiger partial charge in [0.15, 0.2) is 0 Å². The molecule has 1 fully saturated rings. The van der Waals surface area contributed by atoms with Crippen molar-refractivity contribution in [2.75, 3.05) is 0 Å². The monoisotopic (exact) mass is 222 g/mol. The molecule has 0 N–H and O–H groups in total. The summed E-state index contributed by atoms with van der Waals surface area (Å²) >= 11 is 0. The fraction of sp³-hybridized carbons (Fsp3) is 0.643. The molecule has 0 bridgehead atoms. The van der Waals surface area contributed by atoms with Crippen LogP contribution in [0.5, 0.6) is 0 Å². The summed E-state index contributed by atoms with van der Waals surface area (Å²) in [5.74, 6) is 0.425. The molecule has 0 heterocycles. The van der Waals surface area contributed by atoms with Crippen LogP contribution >= 0.6 is 0 Å². The van der Waals surface area contributed by atoms with Crippen molar-refractivity contribution in [3.05, 3.63) is 24.3 Å². The van der Waals surface area contributed by atoms with Crippen LogP contribution in [0.25, 0.3) is 0 Å². The predicted octanol–water partition coefficient (Wildman–Crippen LogP) is 3.63. The normalized spacial score (nSPS) is 29.6. The van der Waals surface area contributed by atoms with Gasteiger partial charge in [0, 0.05) is 5.57 Å². The Morgan fingerprint density at radius 3 is 2.12 bits per heavy atom. The summed E-state index contributed by atoms with van der Waals surface area (Å²) in [5, 5.41) is 0. The van der Waals surface area contributed by atoms with Gasteiger partial charge in [-0.2, -0.15) is 0 Å². The van der Waals surface area contributed by atoms with Gasteiger partial charge in [-0.1, -0.05) is 20.1 Å². The summed E-state index contributed by atoms with van der Waals surface area (Å²) in [5.41, 5.74) is 0.968. The zero-order chi connectivity index (χ0) is 12.3. The molecule has 0 aliphatic heterocycles. The molecule has 0 spiro atoms. The van der Waals surface area contributed by atoms with E-state index in [0.717, 1.165) is 37.2 Å². The molecule has 1 saturated carbocycles. The fourth-order valence-electron chi connectivity index (χ4n) is 2.11. The lowest BCUT2D eigenvalue weighted by molar-refractivity contribution is -0.154. The zero-order valence-electron chi connectivity index (χ0n) is 10.6. The number of carbonyl (C=O) groups excluding carboxylic acids is 1. The first kappa shape index (κ1) is 13.0. The second-order valence-corrected chi connectivity index (χ2v) is 5.13. The van der Waals surface area contributed by atoms with Gasteiger partial charge >= 0.3 is 5.97 Å². The van der Waals surface area contributed by atoms with Gasteiger partial charge in [-0.15, -0.1) is 0 Å². The van der Waals surface area contributed by atoms with Crippen LogP contribution in [0.2, 0.25) is 0 Å². The van der Waals surface area contributed by atoms with E-state index in [0.29, 0.717) is 5.57 Å². The Morgan fingerprint density at radius 2 is 1.75 bits per heavy atom. The third-order valence-corrected chi connectivity index (χ3v) is 3.50. The van der Waals surface area contributed by atoms with Crippen molar-refractivity contribution in [3.63, 3.8) is 0 Å². The molecule has 0 radical (unpaired) electrons. The Kier molecular flexibility index (Phi) is 3.95. The van der Waals surface area contributed by atoms with E-state index in [1.165, 1.54) is 0 Å². The topological polar surface area (TPSA) is 26.3 Å². The molecular weight excluding hydrogens is 200 g/mol. The summed E-state index contributed by atoms with van der Waals surface area (Å²) in [4.78, 5) is 11.6. The van der Waals surface area contributed by atoms with E-state index in [4.69, 9.17) is 4.74 Å². The Hall–Kier alpha value is -1.05. The maximum Gasteiger partial charge on any atom is 0.333 e. The first-order valence-corrected chi connectivity index (χ1v) is 5.92. The minimum absolute atomic E-state index is 0.294. The molecule has 0 saturated heterocycles. The molecule has 16 heavy (non-hydrogen) atoms. The van der Waals surface area contributed by atoms with Crippen LogP contribution in [0.15, 0.2) is 24.3 Å². The van der Waals surface area contributed by atoms with Crippen LogP contribution < -0.4 is 0 Å². The highest BCUT2D eigenvalue weighted by Crippen LogP contribution is 2.39. The first-order valence-electron chi connectivity index (χ1n) is 5.92. The smallest absolute Gasteiger partial charge is 0.333 e. The summed E-state index contributed by atoms with van der Waals surface area (Å²) in [6, 6.07) is 0. The number of hydrogen-bond acceptors (Lipinski definition) is 2. The zero-order valence-corrected chi connectivity index (χ0v) is 10.6. The molecule has 0 aromatic rings. The number of rotatable bonds is 3. The molecule has 0 amide bonds. The summed E-state index contributed by atoms with van der Waals surface area (Å²) in [6.45, 7) is 13.5. The van der Waals surface area contributed by atoms with Gasteiger partial charge in [-0.05, 0) is 51.0 Å². The van der Waals surface area contributed by atoms with Crippen LogP contribution in [-0.2, 0) is 9.53 Å². The van der Waals surface area contributed by atoms with Gasteiger partial charge in [0.2, 0.25) is 0 Å². The highest BCUT2D eigenvalue weighted by molar-refractivity contribution is 5.87. The van der Waals surface area contributed by atoms with Gasteiger partial charge in [0.25, 0.3) is 0 Å². The Labute approximate surface area is 98.4 Å². The van der Waals surface area contributed by atoms with Crippen LogP contribution in [0, 0.1) is 5.92 Å². The van der Waals surface area contributed by atoms with Crippen molar-refractivity contribution < 1.29 is 9.53 Å². The second-order valence-electron chi connectivity index (χ2n) is 5.13. The number of hydrogen-bond donors (Lipinski definition) is 0. The molecule has 0 atom stereocenters. The van der Waals surface area contributed by atoms with E-state index < -0.39 is 5.60 Å². The van der Waals surface area contributed by atoms with Crippen molar-refractivity contribution in [1.29, 1.82) is 0 Å². The molecule has 1 aliphatic rings. The lowest BCUT2D eigenvalue weighted by Gasteiger charge is -2.39. The summed E-state index contributed by atoms with van der Waals surface area (Å²) in [7, 11) is 0. The number of ether oxygens (including phenoxy) is 1. The lowest BCUT2D eigenvalue weighted by atomic mass is 9.76. The molecule has 2 nitrogen and oxygen atoms in total. The van der Waals surface area contributed by atoms with Gasteiger partial charge < -0.3 is 4.74 Å². The quantitative estimate of drug-likeness (QED) is 0.414. The van der Waals surface area contributed by atoms with Gasteiger partial charge in [-0.25, -0.2) is 4.79 Å². The largest absolute Gasteiger partial charge is 0.451 e. The molecule has 0 unspecified atom stereocenters. The van der Waals surface area contributed by atoms with Gasteiger partial charge in [0.05, 0.1) is 0 Å². The third kappa shape index (κ3) is 2.75. The van der Waals surface area contributed by atoms with Crippen LogP contribution in [0.4, 0.5) is 0 Å². The Bertz CT molecular complexity index is 307. The van der Waals surface area contributed by atoms with E-state index in [9.17, 15) is 4.79 Å². The predicted molar refractivity (Wildman–Crippen MR) is 66.1 cm³/mol. The summed E-state index contributed by atoms with van der Waals surface area (Å²) < 4.78 is 5.61. The van der Waals surface area contributed by atoms with Gasteiger partial charge in [0.1, 0.15) is 5.60 Å². The van der Waals surface area contributed by atoms with Crippen molar-refractivity contribution in [2.45, 2.75) is 52.1 Å². The van der Waals surface area contributed by atoms with Crippen molar-refractivity contribution in [2.24, 2.45) is 5.92 Å². The van der Waals surface area contributed by atoms with Crippen LogP contribution in [-0.4, -0.2) is 11.6 Å². The molecular formula is C14H22O2. The molecule has 90 valence electrons. The number of esters is 1. The fourth-order valence-corrected chi connectivity index (χ4v) is 2.11. The minimum atomic E-state index is -0.442. The first-order chi connectivity index (χ1) is 7.37. The lowest BCUT2D eigenvalue weighted by Crippen LogP contribution is -2.39. The maximum absolute atomic E-state index is 11.6. The highest BCUT2D eigenvalue weighted by Gasteiger charge is 2.38. The Balaban J connectivity index is 2.78. The average molecular weight is 222 g/mol. The minimum Gasteiger partial charge on any atom is -0.451 e. The molecule has 2 heteroatoms.